The smallest absolute Gasteiger partial charge is 0.0482 e. The maximum Gasteiger partial charge on any atom is 0.0482 e. The lowest BCUT2D eigenvalue weighted by atomic mass is 10.2. The Balaban J connectivity index is 2.79. The molecule has 2 rings (SSSR count). The van der Waals surface area contributed by atoms with Crippen LogP contribution in [0.1, 0.15) is 21.7 Å². The highest BCUT2D eigenvalue weighted by Crippen LogP contribution is 2.70. The van der Waals surface area contributed by atoms with Crippen LogP contribution in [-0.4, -0.2) is 0 Å². The van der Waals surface area contributed by atoms with Gasteiger partial charge in [-0.25, -0.2) is 0 Å². The molecule has 2 aromatic heterocycles. The van der Waals surface area contributed by atoms with Crippen molar-refractivity contribution in [1.29, 1.82) is 0 Å². The second kappa shape index (κ2) is 4.65. The third-order valence-electron chi connectivity index (χ3n) is 3.12. The highest BCUT2D eigenvalue weighted by Gasteiger charge is 2.18. The Kier molecular flexibility index (Phi) is 3.77. The molecule has 0 bridgehead atoms. The summed E-state index contributed by atoms with van der Waals surface area (Å²) in [5.41, 5.74) is 2.94. The Morgan fingerprint density at radius 3 is 1.88 bits per heavy atom. The lowest BCUT2D eigenvalue weighted by Gasteiger charge is -2.06. The minimum absolute atomic E-state index is 0.160. The van der Waals surface area contributed by atoms with E-state index in [1.807, 2.05) is 0 Å². The molecule has 0 saturated carbocycles. The molecule has 0 fully saturated rings. The Morgan fingerprint density at radius 2 is 1.50 bits per heavy atom. The van der Waals surface area contributed by atoms with Crippen molar-refractivity contribution in [2.45, 2.75) is 27.7 Å². The van der Waals surface area contributed by atoms with E-state index in [-0.39, 0.29) is 14.4 Å². The summed E-state index contributed by atoms with van der Waals surface area (Å²) in [6, 6.07) is 4.48. The van der Waals surface area contributed by atoms with Gasteiger partial charge in [-0.3, -0.25) is 0 Å². The molecule has 2 heterocycles. The fourth-order valence-corrected chi connectivity index (χ4v) is 14.1. The van der Waals surface area contributed by atoms with Gasteiger partial charge in [-0.1, -0.05) is 20.5 Å². The number of rotatable bonds is 1. The molecule has 2 aromatic rings. The molecule has 86 valence electrons. The van der Waals surface area contributed by atoms with Crippen LogP contribution in [0.25, 0.3) is 0 Å². The zero-order valence-electron chi connectivity index (χ0n) is 9.81. The number of hydrogen-bond donors (Lipinski definition) is 0. The topological polar surface area (TPSA) is 0 Å². The quantitative estimate of drug-likeness (QED) is 0.515. The summed E-state index contributed by atoms with van der Waals surface area (Å²) in [5.74, 6) is 0. The molecule has 0 nitrogen and oxygen atoms in total. The summed E-state index contributed by atoms with van der Waals surface area (Å²) in [4.78, 5) is 0. The second-order valence-electron chi connectivity index (χ2n) is 4.05. The minimum atomic E-state index is -0.169. The van der Waals surface area contributed by atoms with Crippen LogP contribution in [0.15, 0.2) is 20.5 Å². The molecule has 2 atom stereocenters. The average Bonchev–Trinajstić information content (AvgIpc) is 2.65. The van der Waals surface area contributed by atoms with Gasteiger partial charge in [0.15, 0.2) is 0 Å². The highest BCUT2D eigenvalue weighted by atomic mass is 79.9. The third kappa shape index (κ3) is 1.89. The Morgan fingerprint density at radius 1 is 0.875 bits per heavy atom. The van der Waals surface area contributed by atoms with E-state index in [9.17, 15) is 0 Å². The van der Waals surface area contributed by atoms with Gasteiger partial charge in [0.2, 0.25) is 0 Å². The molecule has 4 heteroatoms. The van der Waals surface area contributed by atoms with Gasteiger partial charge in [-0.05, 0) is 87.3 Å². The molecular formula is C12H14Br2P2. The number of aryl methyl sites for hydroxylation is 1. The number of halogens is 2. The van der Waals surface area contributed by atoms with E-state index in [1.54, 1.807) is 5.30 Å². The normalized spacial score (nSPS) is 13.4. The Labute approximate surface area is 116 Å². The van der Waals surface area contributed by atoms with Gasteiger partial charge in [-0.2, -0.15) is 0 Å². The van der Waals surface area contributed by atoms with Crippen molar-refractivity contribution < 1.29 is 0 Å². The van der Waals surface area contributed by atoms with Crippen LogP contribution in [-0.2, 0) is 0 Å². The van der Waals surface area contributed by atoms with E-state index in [1.165, 1.54) is 24.8 Å². The molecule has 2 unspecified atom stereocenters. The van der Waals surface area contributed by atoms with Crippen molar-refractivity contribution in [1.82, 2.24) is 0 Å². The Hall–Kier alpha value is 0.520. The third-order valence-corrected chi connectivity index (χ3v) is 15.5. The van der Waals surface area contributed by atoms with Crippen LogP contribution in [0, 0.1) is 27.7 Å². The first-order valence-corrected chi connectivity index (χ1v) is 10.1. The van der Waals surface area contributed by atoms with E-state index < -0.39 is 0 Å². The summed E-state index contributed by atoms with van der Waals surface area (Å²) in [6.07, 6.45) is 0. The first-order chi connectivity index (χ1) is 7.45. The molecule has 0 radical (unpaired) electrons. The van der Waals surface area contributed by atoms with Crippen LogP contribution in [0.2, 0.25) is 0 Å². The molecule has 0 aliphatic carbocycles. The summed E-state index contributed by atoms with van der Waals surface area (Å²) in [6.45, 7) is 9.03. The van der Waals surface area contributed by atoms with Crippen LogP contribution in [0.4, 0.5) is 0 Å². The maximum absolute atomic E-state index is 3.82. The molecule has 0 amide bonds. The lowest BCUT2D eigenvalue weighted by molar-refractivity contribution is 1.34. The van der Waals surface area contributed by atoms with Crippen LogP contribution in [0.5, 0.6) is 0 Å². The van der Waals surface area contributed by atoms with Crippen molar-refractivity contribution in [2.75, 3.05) is 0 Å². The van der Waals surface area contributed by atoms with Gasteiger partial charge in [0.1, 0.15) is 0 Å². The van der Waals surface area contributed by atoms with Crippen LogP contribution < -0.4 is 0 Å². The molecule has 0 saturated heterocycles. The summed E-state index contributed by atoms with van der Waals surface area (Å²) < 4.78 is 2.84. The van der Waals surface area contributed by atoms with Crippen molar-refractivity contribution in [3.8, 4) is 0 Å². The van der Waals surface area contributed by atoms with E-state index in [4.69, 9.17) is 0 Å². The fourth-order valence-electron chi connectivity index (χ4n) is 1.88. The fraction of sp³-hybridized carbons (Fsp3) is 0.333. The SMILES string of the molecule is Cc1c(C)c(Br)p(-p2c(C)ccc2Br)c1C. The van der Waals surface area contributed by atoms with Gasteiger partial charge < -0.3 is 0 Å². The van der Waals surface area contributed by atoms with E-state index in [0.29, 0.717) is 0 Å². The van der Waals surface area contributed by atoms with Gasteiger partial charge in [0.25, 0.3) is 0 Å². The van der Waals surface area contributed by atoms with Gasteiger partial charge in [0.05, 0.1) is 0 Å². The molecule has 0 spiro atoms. The first kappa shape index (κ1) is 13.0. The molecule has 0 aliphatic rings. The van der Waals surface area contributed by atoms with E-state index >= 15 is 0 Å². The molecule has 0 N–H and O–H groups in total. The van der Waals surface area contributed by atoms with Gasteiger partial charge in [-0.15, -0.1) is 0 Å². The average molecular weight is 380 g/mol. The minimum Gasteiger partial charge on any atom is -0.0575 e. The molecule has 0 aliphatic heterocycles. The van der Waals surface area contributed by atoms with Gasteiger partial charge in [0, 0.05) is 8.41 Å². The summed E-state index contributed by atoms with van der Waals surface area (Å²) >= 11 is 7.56. The van der Waals surface area contributed by atoms with Crippen molar-refractivity contribution in [3.63, 3.8) is 0 Å². The molecule has 0 aromatic carbocycles. The monoisotopic (exact) mass is 378 g/mol. The van der Waals surface area contributed by atoms with Crippen molar-refractivity contribution in [2.24, 2.45) is 0 Å². The predicted molar refractivity (Wildman–Crippen MR) is 83.4 cm³/mol. The van der Waals surface area contributed by atoms with Crippen LogP contribution >= 0.6 is 46.3 Å². The zero-order chi connectivity index (χ0) is 12.0. The highest BCUT2D eigenvalue weighted by molar-refractivity contribution is 9.12. The second-order valence-corrected chi connectivity index (χ2v) is 12.9. The predicted octanol–water partition coefficient (Wildman–Crippen LogP) is 6.73. The first-order valence-electron chi connectivity index (χ1n) is 5.13. The number of hydrogen-bond acceptors (Lipinski definition) is 0. The van der Waals surface area contributed by atoms with Crippen LogP contribution in [0.3, 0.4) is 0 Å². The maximum atomic E-state index is 3.82. The zero-order valence-corrected chi connectivity index (χ0v) is 14.8. The van der Waals surface area contributed by atoms with Crippen molar-refractivity contribution >= 4 is 46.3 Å². The summed E-state index contributed by atoms with van der Waals surface area (Å²) in [7, 11) is -0.328. The Bertz CT molecular complexity index is 505. The molecular weight excluding hydrogens is 366 g/mol. The summed E-state index contributed by atoms with van der Waals surface area (Å²) in [5, 5.41) is 3.12. The van der Waals surface area contributed by atoms with E-state index in [0.717, 1.165) is 0 Å². The van der Waals surface area contributed by atoms with Crippen molar-refractivity contribution in [3.05, 3.63) is 42.3 Å². The van der Waals surface area contributed by atoms with Gasteiger partial charge >= 0.3 is 0 Å². The lowest BCUT2D eigenvalue weighted by Crippen LogP contribution is -1.72. The van der Waals surface area contributed by atoms with E-state index in [2.05, 4.69) is 71.7 Å². The largest absolute Gasteiger partial charge is 0.0575 e. The molecule has 16 heavy (non-hydrogen) atoms. The standard InChI is InChI=1S/C12H14Br2P2/c1-7-5-6-11(13)15(7)16-10(4)8(2)9(3)12(16)14/h5-6H,1-4H3.